The minimum atomic E-state index is 0.337. The molecule has 0 bridgehead atoms. The van der Waals surface area contributed by atoms with Crippen LogP contribution in [0, 0.1) is 0 Å². The SMILES string of the molecule is CCNC1c2cc(OC)ccc2CCC1Sc1ncc[nH]1. The highest BCUT2D eigenvalue weighted by Gasteiger charge is 2.30. The van der Waals surface area contributed by atoms with Gasteiger partial charge >= 0.3 is 0 Å². The summed E-state index contributed by atoms with van der Waals surface area (Å²) in [7, 11) is 1.72. The molecule has 2 unspecified atom stereocenters. The number of rotatable bonds is 5. The van der Waals surface area contributed by atoms with Gasteiger partial charge in [0.05, 0.1) is 7.11 Å². The van der Waals surface area contributed by atoms with Gasteiger partial charge in [-0.05, 0) is 42.6 Å². The van der Waals surface area contributed by atoms with Crippen LogP contribution in [0.5, 0.6) is 5.75 Å². The van der Waals surface area contributed by atoms with Crippen molar-refractivity contribution in [3.63, 3.8) is 0 Å². The molecule has 0 saturated carbocycles. The maximum absolute atomic E-state index is 5.39. The lowest BCUT2D eigenvalue weighted by atomic mass is 9.87. The van der Waals surface area contributed by atoms with E-state index >= 15 is 0 Å². The second kappa shape index (κ2) is 6.54. The average Bonchev–Trinajstić information content (AvgIpc) is 3.02. The smallest absolute Gasteiger partial charge is 0.165 e. The molecule has 0 fully saturated rings. The summed E-state index contributed by atoms with van der Waals surface area (Å²) in [4.78, 5) is 7.54. The van der Waals surface area contributed by atoms with Crippen LogP contribution in [0.1, 0.15) is 30.5 Å². The molecule has 4 nitrogen and oxygen atoms in total. The monoisotopic (exact) mass is 303 g/mol. The summed E-state index contributed by atoms with van der Waals surface area (Å²) < 4.78 is 5.39. The van der Waals surface area contributed by atoms with Crippen molar-refractivity contribution >= 4 is 11.8 Å². The lowest BCUT2D eigenvalue weighted by molar-refractivity contribution is 0.410. The second-order valence-corrected chi connectivity index (χ2v) is 6.42. The zero-order valence-corrected chi connectivity index (χ0v) is 13.2. The molecule has 5 heteroatoms. The molecule has 1 heterocycles. The standard InChI is InChI=1S/C16H21N3OS/c1-3-17-15-13-10-12(20-2)6-4-11(13)5-7-14(15)21-16-18-8-9-19-16/h4,6,8-10,14-15,17H,3,5,7H2,1-2H3,(H,18,19). The van der Waals surface area contributed by atoms with Crippen LogP contribution in [-0.4, -0.2) is 28.9 Å². The van der Waals surface area contributed by atoms with Crippen LogP contribution in [0.25, 0.3) is 0 Å². The summed E-state index contributed by atoms with van der Waals surface area (Å²) in [5.74, 6) is 0.931. The van der Waals surface area contributed by atoms with Crippen LogP contribution in [-0.2, 0) is 6.42 Å². The second-order valence-electron chi connectivity index (χ2n) is 5.19. The molecule has 2 N–H and O–H groups in total. The van der Waals surface area contributed by atoms with Crippen LogP contribution in [0.4, 0.5) is 0 Å². The topological polar surface area (TPSA) is 49.9 Å². The van der Waals surface area contributed by atoms with Gasteiger partial charge < -0.3 is 15.0 Å². The van der Waals surface area contributed by atoms with E-state index in [1.165, 1.54) is 11.1 Å². The minimum absolute atomic E-state index is 0.337. The predicted molar refractivity (Wildman–Crippen MR) is 86.0 cm³/mol. The molecule has 2 atom stereocenters. The molecular formula is C16H21N3OS. The maximum Gasteiger partial charge on any atom is 0.165 e. The van der Waals surface area contributed by atoms with Crippen LogP contribution < -0.4 is 10.1 Å². The largest absolute Gasteiger partial charge is 0.497 e. The number of nitrogens with one attached hydrogen (secondary N) is 2. The van der Waals surface area contributed by atoms with Gasteiger partial charge in [-0.1, -0.05) is 24.8 Å². The first-order valence-electron chi connectivity index (χ1n) is 7.38. The number of fused-ring (bicyclic) bond motifs is 1. The van der Waals surface area contributed by atoms with Gasteiger partial charge in [0.15, 0.2) is 5.16 Å². The summed E-state index contributed by atoms with van der Waals surface area (Å²) in [6.07, 6.45) is 5.96. The normalized spacial score (nSPS) is 21.0. The molecule has 21 heavy (non-hydrogen) atoms. The van der Waals surface area contributed by atoms with Crippen molar-refractivity contribution in [3.8, 4) is 5.75 Å². The van der Waals surface area contributed by atoms with Crippen molar-refractivity contribution in [2.24, 2.45) is 0 Å². The maximum atomic E-state index is 5.39. The average molecular weight is 303 g/mol. The fraction of sp³-hybridized carbons (Fsp3) is 0.438. The molecule has 3 rings (SSSR count). The molecule has 0 radical (unpaired) electrons. The number of benzene rings is 1. The van der Waals surface area contributed by atoms with Crippen molar-refractivity contribution in [1.82, 2.24) is 15.3 Å². The Morgan fingerprint density at radius 3 is 3.10 bits per heavy atom. The van der Waals surface area contributed by atoms with Gasteiger partial charge in [0.25, 0.3) is 0 Å². The van der Waals surface area contributed by atoms with Crippen LogP contribution in [0.15, 0.2) is 35.7 Å². The number of hydrogen-bond donors (Lipinski definition) is 2. The van der Waals surface area contributed by atoms with E-state index in [0.717, 1.165) is 30.3 Å². The Hall–Kier alpha value is -1.46. The van der Waals surface area contributed by atoms with E-state index in [0.29, 0.717) is 11.3 Å². The number of imidazole rings is 1. The van der Waals surface area contributed by atoms with Gasteiger partial charge in [0.2, 0.25) is 0 Å². The Morgan fingerprint density at radius 2 is 2.38 bits per heavy atom. The lowest BCUT2D eigenvalue weighted by Gasteiger charge is -2.33. The van der Waals surface area contributed by atoms with Crippen molar-refractivity contribution in [1.29, 1.82) is 0 Å². The molecule has 2 aromatic rings. The summed E-state index contributed by atoms with van der Waals surface area (Å²) in [5, 5.41) is 5.11. The number of aromatic amines is 1. The number of H-pyrrole nitrogens is 1. The van der Waals surface area contributed by atoms with Crippen LogP contribution >= 0.6 is 11.8 Å². The molecule has 1 aromatic heterocycles. The van der Waals surface area contributed by atoms with Crippen LogP contribution in [0.2, 0.25) is 0 Å². The fourth-order valence-corrected chi connectivity index (χ4v) is 4.09. The molecule has 112 valence electrons. The van der Waals surface area contributed by atoms with E-state index in [9.17, 15) is 0 Å². The van der Waals surface area contributed by atoms with Gasteiger partial charge in [-0.3, -0.25) is 0 Å². The molecule has 1 aliphatic carbocycles. The van der Waals surface area contributed by atoms with Gasteiger partial charge in [0.1, 0.15) is 5.75 Å². The third kappa shape index (κ3) is 3.09. The van der Waals surface area contributed by atoms with E-state index < -0.39 is 0 Å². The van der Waals surface area contributed by atoms with Gasteiger partial charge in [-0.2, -0.15) is 0 Å². The molecular weight excluding hydrogens is 282 g/mol. The number of nitrogens with zero attached hydrogens (tertiary/aromatic N) is 1. The number of hydrogen-bond acceptors (Lipinski definition) is 4. The number of ether oxygens (including phenoxy) is 1. The molecule has 0 aliphatic heterocycles. The van der Waals surface area contributed by atoms with E-state index in [1.54, 1.807) is 7.11 Å². The highest BCUT2D eigenvalue weighted by atomic mass is 32.2. The van der Waals surface area contributed by atoms with Gasteiger partial charge in [-0.15, -0.1) is 0 Å². The summed E-state index contributed by atoms with van der Waals surface area (Å²) in [6.45, 7) is 3.11. The Labute approximate surface area is 129 Å². The zero-order chi connectivity index (χ0) is 14.7. The molecule has 1 aliphatic rings. The van der Waals surface area contributed by atoms with Gasteiger partial charge in [0, 0.05) is 23.7 Å². The fourth-order valence-electron chi connectivity index (χ4n) is 2.93. The summed E-state index contributed by atoms with van der Waals surface area (Å²) in [5.41, 5.74) is 2.80. The van der Waals surface area contributed by atoms with Gasteiger partial charge in [-0.25, -0.2) is 4.98 Å². The highest BCUT2D eigenvalue weighted by molar-refractivity contribution is 7.99. The quantitative estimate of drug-likeness (QED) is 0.891. The summed E-state index contributed by atoms with van der Waals surface area (Å²) in [6, 6.07) is 6.77. The Kier molecular flexibility index (Phi) is 4.51. The molecule has 0 amide bonds. The predicted octanol–water partition coefficient (Wildman–Crippen LogP) is 3.18. The van der Waals surface area contributed by atoms with Crippen molar-refractivity contribution in [2.45, 2.75) is 36.2 Å². The Bertz CT molecular complexity index is 585. The van der Waals surface area contributed by atoms with E-state index in [-0.39, 0.29) is 0 Å². The van der Waals surface area contributed by atoms with Crippen molar-refractivity contribution in [3.05, 3.63) is 41.7 Å². The number of aromatic nitrogens is 2. The third-order valence-electron chi connectivity index (χ3n) is 3.92. The number of thioether (sulfide) groups is 1. The number of aryl methyl sites for hydroxylation is 1. The first-order valence-corrected chi connectivity index (χ1v) is 8.26. The lowest BCUT2D eigenvalue weighted by Crippen LogP contribution is -2.34. The minimum Gasteiger partial charge on any atom is -0.497 e. The van der Waals surface area contributed by atoms with E-state index in [1.807, 2.05) is 24.2 Å². The Balaban J connectivity index is 1.89. The summed E-state index contributed by atoms with van der Waals surface area (Å²) >= 11 is 1.83. The van der Waals surface area contributed by atoms with Crippen molar-refractivity contribution in [2.75, 3.05) is 13.7 Å². The first kappa shape index (κ1) is 14.5. The van der Waals surface area contributed by atoms with E-state index in [4.69, 9.17) is 4.74 Å². The highest BCUT2D eigenvalue weighted by Crippen LogP contribution is 2.40. The molecule has 1 aromatic carbocycles. The van der Waals surface area contributed by atoms with Crippen molar-refractivity contribution < 1.29 is 4.74 Å². The third-order valence-corrected chi connectivity index (χ3v) is 5.18. The zero-order valence-electron chi connectivity index (χ0n) is 12.4. The number of methoxy groups -OCH3 is 1. The van der Waals surface area contributed by atoms with Crippen LogP contribution in [0.3, 0.4) is 0 Å². The first-order chi connectivity index (χ1) is 10.3. The van der Waals surface area contributed by atoms with E-state index in [2.05, 4.69) is 40.4 Å². The molecule has 0 saturated heterocycles. The molecule has 0 spiro atoms. The Morgan fingerprint density at radius 1 is 1.48 bits per heavy atom.